The minimum atomic E-state index is 0.116. The first kappa shape index (κ1) is 14.0. The second-order valence-electron chi connectivity index (χ2n) is 3.37. The molecule has 0 aromatic heterocycles. The van der Waals surface area contributed by atoms with Gasteiger partial charge in [-0.05, 0) is 36.5 Å². The number of hydrazine groups is 1. The summed E-state index contributed by atoms with van der Waals surface area (Å²) in [6.45, 7) is 0. The van der Waals surface area contributed by atoms with Gasteiger partial charge in [0.15, 0.2) is 5.11 Å². The molecule has 2 aromatic rings. The van der Waals surface area contributed by atoms with Crippen LogP contribution in [0.4, 0.5) is 11.4 Å². The van der Waals surface area contributed by atoms with Crippen LogP contribution < -0.4 is 22.3 Å². The van der Waals surface area contributed by atoms with Gasteiger partial charge in [0.2, 0.25) is 0 Å². The lowest BCUT2D eigenvalue weighted by Gasteiger charge is -2.04. The normalized spacial score (nSPS) is 8.72. The molecular weight excluding hydrogens is 244 g/mol. The molecule has 0 heterocycles. The Hall–Kier alpha value is -2.11. The highest BCUT2D eigenvalue weighted by Gasteiger charge is 1.89. The van der Waals surface area contributed by atoms with Gasteiger partial charge in [0.05, 0.1) is 0 Å². The SMILES string of the molecule is NNC(N)=S.c1ccc(Nc2ccccc2)cc1. The predicted molar refractivity (Wildman–Crippen MR) is 80.3 cm³/mol. The summed E-state index contributed by atoms with van der Waals surface area (Å²) in [6.07, 6.45) is 0. The number of hydrogen-bond acceptors (Lipinski definition) is 3. The van der Waals surface area contributed by atoms with Crippen molar-refractivity contribution in [3.8, 4) is 0 Å². The summed E-state index contributed by atoms with van der Waals surface area (Å²) in [5.74, 6) is 4.66. The Morgan fingerprint density at radius 1 is 0.833 bits per heavy atom. The van der Waals surface area contributed by atoms with Crippen molar-refractivity contribution < 1.29 is 0 Å². The topological polar surface area (TPSA) is 76.1 Å². The van der Waals surface area contributed by atoms with Gasteiger partial charge in [-0.1, -0.05) is 36.4 Å². The zero-order chi connectivity index (χ0) is 13.2. The van der Waals surface area contributed by atoms with Gasteiger partial charge < -0.3 is 16.5 Å². The molecule has 0 aliphatic carbocycles. The molecule has 0 aliphatic rings. The molecule has 0 spiro atoms. The third kappa shape index (κ3) is 5.83. The first-order chi connectivity index (χ1) is 8.72. The second kappa shape index (κ2) is 8.05. The van der Waals surface area contributed by atoms with Crippen molar-refractivity contribution in [3.63, 3.8) is 0 Å². The van der Waals surface area contributed by atoms with Crippen LogP contribution in [-0.4, -0.2) is 5.11 Å². The lowest BCUT2D eigenvalue weighted by Crippen LogP contribution is -2.34. The second-order valence-corrected chi connectivity index (χ2v) is 3.81. The third-order valence-electron chi connectivity index (χ3n) is 1.98. The molecule has 18 heavy (non-hydrogen) atoms. The smallest absolute Gasteiger partial charge is 0.177 e. The number of nitrogens with one attached hydrogen (secondary N) is 2. The van der Waals surface area contributed by atoms with E-state index in [-0.39, 0.29) is 5.11 Å². The fraction of sp³-hybridized carbons (Fsp3) is 0. The fourth-order valence-electron chi connectivity index (χ4n) is 1.21. The molecule has 5 heteroatoms. The number of hydrogen-bond donors (Lipinski definition) is 4. The number of rotatable bonds is 2. The molecule has 0 fully saturated rings. The largest absolute Gasteiger partial charge is 0.375 e. The molecule has 2 rings (SSSR count). The Bertz CT molecular complexity index is 421. The van der Waals surface area contributed by atoms with Crippen molar-refractivity contribution in [3.05, 3.63) is 60.7 Å². The molecule has 4 nitrogen and oxygen atoms in total. The number of nitrogens with two attached hydrogens (primary N) is 2. The van der Waals surface area contributed by atoms with Crippen LogP contribution in [0.2, 0.25) is 0 Å². The Kier molecular flexibility index (Phi) is 6.24. The zero-order valence-electron chi connectivity index (χ0n) is 9.84. The molecule has 0 saturated heterocycles. The van der Waals surface area contributed by atoms with E-state index in [4.69, 9.17) is 5.73 Å². The van der Waals surface area contributed by atoms with Crippen LogP contribution >= 0.6 is 12.2 Å². The van der Waals surface area contributed by atoms with Crippen LogP contribution in [-0.2, 0) is 0 Å². The van der Waals surface area contributed by atoms with E-state index in [0.29, 0.717) is 0 Å². The minimum Gasteiger partial charge on any atom is -0.375 e. The first-order valence-electron chi connectivity index (χ1n) is 5.35. The monoisotopic (exact) mass is 260 g/mol. The fourth-order valence-corrected chi connectivity index (χ4v) is 1.21. The van der Waals surface area contributed by atoms with Crippen molar-refractivity contribution >= 4 is 28.7 Å². The lowest BCUT2D eigenvalue weighted by atomic mass is 10.3. The van der Waals surface area contributed by atoms with Crippen molar-refractivity contribution in [1.29, 1.82) is 0 Å². The average Bonchev–Trinajstić information content (AvgIpc) is 2.42. The summed E-state index contributed by atoms with van der Waals surface area (Å²) >= 11 is 4.24. The highest BCUT2D eigenvalue weighted by molar-refractivity contribution is 7.80. The van der Waals surface area contributed by atoms with Gasteiger partial charge in [-0.3, -0.25) is 0 Å². The highest BCUT2D eigenvalue weighted by Crippen LogP contribution is 2.14. The summed E-state index contributed by atoms with van der Waals surface area (Å²) in [7, 11) is 0. The van der Waals surface area contributed by atoms with Crippen molar-refractivity contribution in [1.82, 2.24) is 5.43 Å². The van der Waals surface area contributed by atoms with Gasteiger partial charge in [0, 0.05) is 11.4 Å². The van der Waals surface area contributed by atoms with E-state index in [9.17, 15) is 0 Å². The molecule has 0 unspecified atom stereocenters. The maximum absolute atomic E-state index is 4.79. The number of thiocarbonyl (C=S) groups is 1. The van der Waals surface area contributed by atoms with Crippen LogP contribution in [0.5, 0.6) is 0 Å². The van der Waals surface area contributed by atoms with E-state index in [0.717, 1.165) is 11.4 Å². The first-order valence-corrected chi connectivity index (χ1v) is 5.76. The van der Waals surface area contributed by atoms with Crippen LogP contribution in [0.1, 0.15) is 0 Å². The maximum atomic E-state index is 4.79. The van der Waals surface area contributed by atoms with E-state index in [2.05, 4.69) is 23.4 Å². The van der Waals surface area contributed by atoms with E-state index >= 15 is 0 Å². The molecule has 0 radical (unpaired) electrons. The summed E-state index contributed by atoms with van der Waals surface area (Å²) in [4.78, 5) is 0. The molecule has 2 aromatic carbocycles. The molecule has 94 valence electrons. The predicted octanol–water partition coefficient (Wildman–Crippen LogP) is 2.12. The highest BCUT2D eigenvalue weighted by atomic mass is 32.1. The molecule has 0 saturated carbocycles. The Morgan fingerprint density at radius 3 is 1.44 bits per heavy atom. The Balaban J connectivity index is 0.000000280. The number of anilines is 2. The van der Waals surface area contributed by atoms with Gasteiger partial charge in [-0.25, -0.2) is 5.84 Å². The van der Waals surface area contributed by atoms with Crippen LogP contribution in [0.25, 0.3) is 0 Å². The van der Waals surface area contributed by atoms with E-state index in [1.54, 1.807) is 0 Å². The van der Waals surface area contributed by atoms with Gasteiger partial charge in [-0.15, -0.1) is 0 Å². The summed E-state index contributed by atoms with van der Waals surface area (Å²) < 4.78 is 0. The van der Waals surface area contributed by atoms with Crippen molar-refractivity contribution in [2.75, 3.05) is 5.32 Å². The van der Waals surface area contributed by atoms with Crippen molar-refractivity contribution in [2.24, 2.45) is 11.6 Å². The van der Waals surface area contributed by atoms with Crippen molar-refractivity contribution in [2.45, 2.75) is 0 Å². The number of benzene rings is 2. The standard InChI is InChI=1S/C12H11N.CH5N3S/c1-3-7-11(8-4-1)13-12-9-5-2-6-10-12;2-1(5)4-3/h1-10,13H;3H2,(H3,2,4,5). The molecule has 0 aliphatic heterocycles. The maximum Gasteiger partial charge on any atom is 0.177 e. The zero-order valence-corrected chi connectivity index (χ0v) is 10.7. The average molecular weight is 260 g/mol. The van der Waals surface area contributed by atoms with Crippen LogP contribution in [0.15, 0.2) is 60.7 Å². The summed E-state index contributed by atoms with van der Waals surface area (Å²) in [5, 5.41) is 3.42. The Morgan fingerprint density at radius 2 is 1.17 bits per heavy atom. The summed E-state index contributed by atoms with van der Waals surface area (Å²) in [5.41, 5.74) is 9.06. The Labute approximate surface area is 112 Å². The molecule has 0 atom stereocenters. The van der Waals surface area contributed by atoms with Gasteiger partial charge in [0.25, 0.3) is 0 Å². The quantitative estimate of drug-likeness (QED) is 0.378. The van der Waals surface area contributed by atoms with E-state index in [1.807, 2.05) is 66.1 Å². The molecular formula is C13H16N4S. The molecule has 0 amide bonds. The van der Waals surface area contributed by atoms with Crippen LogP contribution in [0.3, 0.4) is 0 Å². The van der Waals surface area contributed by atoms with Gasteiger partial charge >= 0.3 is 0 Å². The van der Waals surface area contributed by atoms with E-state index in [1.165, 1.54) is 0 Å². The van der Waals surface area contributed by atoms with Crippen LogP contribution in [0, 0.1) is 0 Å². The van der Waals surface area contributed by atoms with Gasteiger partial charge in [-0.2, -0.15) is 0 Å². The third-order valence-corrected chi connectivity index (χ3v) is 2.10. The molecule has 6 N–H and O–H groups in total. The van der Waals surface area contributed by atoms with E-state index < -0.39 is 0 Å². The summed E-state index contributed by atoms with van der Waals surface area (Å²) in [6, 6.07) is 20.3. The number of para-hydroxylation sites is 2. The minimum absolute atomic E-state index is 0.116. The lowest BCUT2D eigenvalue weighted by molar-refractivity contribution is 1.03. The molecule has 0 bridgehead atoms. The van der Waals surface area contributed by atoms with Gasteiger partial charge in [0.1, 0.15) is 0 Å².